The molecule has 0 atom stereocenters. The second-order valence-corrected chi connectivity index (χ2v) is 4.80. The molecular formula is C15H19N3. The maximum Gasteiger partial charge on any atom is 0.230 e. The van der Waals surface area contributed by atoms with Gasteiger partial charge in [-0.3, -0.25) is 0 Å². The highest BCUT2D eigenvalue weighted by Gasteiger charge is 2.10. The molecule has 3 nitrogen and oxygen atoms in total. The maximum absolute atomic E-state index is 4.49. The third-order valence-electron chi connectivity index (χ3n) is 2.98. The van der Waals surface area contributed by atoms with Crippen molar-refractivity contribution in [1.29, 1.82) is 0 Å². The maximum atomic E-state index is 4.49. The van der Waals surface area contributed by atoms with Crippen molar-refractivity contribution in [2.45, 2.75) is 27.7 Å². The summed E-state index contributed by atoms with van der Waals surface area (Å²) in [5.74, 6) is 0.749. The predicted molar refractivity (Wildman–Crippen MR) is 75.5 cm³/mol. The van der Waals surface area contributed by atoms with Crippen LogP contribution in [0, 0.1) is 27.7 Å². The predicted octanol–water partition coefficient (Wildman–Crippen LogP) is 3.48. The molecule has 3 heteroatoms. The second-order valence-electron chi connectivity index (χ2n) is 4.80. The lowest BCUT2D eigenvalue weighted by atomic mass is 10.1. The van der Waals surface area contributed by atoms with Gasteiger partial charge in [0.25, 0.3) is 0 Å². The van der Waals surface area contributed by atoms with Crippen LogP contribution in [0.1, 0.15) is 22.5 Å². The lowest BCUT2D eigenvalue weighted by molar-refractivity contribution is 0.982. The Morgan fingerprint density at radius 1 is 0.889 bits per heavy atom. The first-order valence-corrected chi connectivity index (χ1v) is 6.10. The van der Waals surface area contributed by atoms with Gasteiger partial charge < -0.3 is 4.90 Å². The van der Waals surface area contributed by atoms with Gasteiger partial charge in [0.05, 0.1) is 0 Å². The smallest absolute Gasteiger partial charge is 0.230 e. The van der Waals surface area contributed by atoms with E-state index in [0.717, 1.165) is 23.0 Å². The number of anilines is 2. The summed E-state index contributed by atoms with van der Waals surface area (Å²) < 4.78 is 0. The molecule has 18 heavy (non-hydrogen) atoms. The fourth-order valence-electron chi connectivity index (χ4n) is 2.15. The van der Waals surface area contributed by atoms with Crippen molar-refractivity contribution in [3.8, 4) is 0 Å². The summed E-state index contributed by atoms with van der Waals surface area (Å²) in [5.41, 5.74) is 5.64. The molecule has 0 saturated heterocycles. The molecule has 0 aliphatic carbocycles. The Kier molecular flexibility index (Phi) is 3.32. The monoisotopic (exact) mass is 241 g/mol. The first-order chi connectivity index (χ1) is 8.47. The van der Waals surface area contributed by atoms with Gasteiger partial charge in [-0.2, -0.15) is 0 Å². The van der Waals surface area contributed by atoms with E-state index in [1.807, 2.05) is 31.9 Å². The first-order valence-electron chi connectivity index (χ1n) is 6.10. The van der Waals surface area contributed by atoms with E-state index in [1.54, 1.807) is 0 Å². The molecule has 1 heterocycles. The largest absolute Gasteiger partial charge is 0.313 e. The summed E-state index contributed by atoms with van der Waals surface area (Å²) >= 11 is 0. The molecule has 0 aliphatic heterocycles. The minimum Gasteiger partial charge on any atom is -0.313 e. The van der Waals surface area contributed by atoms with Crippen LogP contribution in [-0.2, 0) is 0 Å². The van der Waals surface area contributed by atoms with Crippen molar-refractivity contribution in [3.63, 3.8) is 0 Å². The van der Waals surface area contributed by atoms with Gasteiger partial charge in [0.2, 0.25) is 5.95 Å². The van der Waals surface area contributed by atoms with Crippen molar-refractivity contribution in [2.24, 2.45) is 0 Å². The van der Waals surface area contributed by atoms with Gasteiger partial charge in [-0.15, -0.1) is 0 Å². The number of nitrogens with zero attached hydrogens (tertiary/aromatic N) is 3. The van der Waals surface area contributed by atoms with Crippen molar-refractivity contribution in [3.05, 3.63) is 46.8 Å². The zero-order valence-electron chi connectivity index (χ0n) is 11.7. The molecule has 0 saturated carbocycles. The summed E-state index contributed by atoms with van der Waals surface area (Å²) in [4.78, 5) is 11.0. The van der Waals surface area contributed by atoms with Crippen LogP contribution in [0.2, 0.25) is 0 Å². The van der Waals surface area contributed by atoms with Gasteiger partial charge in [0.15, 0.2) is 0 Å². The Labute approximate surface area is 109 Å². The zero-order valence-corrected chi connectivity index (χ0v) is 11.7. The van der Waals surface area contributed by atoms with Crippen LogP contribution in [0.3, 0.4) is 0 Å². The van der Waals surface area contributed by atoms with Gasteiger partial charge in [-0.25, -0.2) is 9.97 Å². The van der Waals surface area contributed by atoms with Crippen LogP contribution in [-0.4, -0.2) is 17.0 Å². The van der Waals surface area contributed by atoms with E-state index < -0.39 is 0 Å². The number of aromatic nitrogens is 2. The van der Waals surface area contributed by atoms with Crippen LogP contribution in [0.5, 0.6) is 0 Å². The summed E-state index contributed by atoms with van der Waals surface area (Å²) in [6.45, 7) is 8.20. The van der Waals surface area contributed by atoms with Crippen LogP contribution in [0.25, 0.3) is 0 Å². The summed E-state index contributed by atoms with van der Waals surface area (Å²) in [6, 6.07) is 8.39. The molecule has 0 amide bonds. The van der Waals surface area contributed by atoms with E-state index in [-0.39, 0.29) is 0 Å². The van der Waals surface area contributed by atoms with Crippen molar-refractivity contribution in [2.75, 3.05) is 11.9 Å². The second kappa shape index (κ2) is 4.77. The fourth-order valence-corrected chi connectivity index (χ4v) is 2.15. The molecule has 2 rings (SSSR count). The summed E-state index contributed by atoms with van der Waals surface area (Å²) in [6.07, 6.45) is 0. The van der Waals surface area contributed by atoms with Crippen LogP contribution >= 0.6 is 0 Å². The molecule has 2 aromatic rings. The molecular weight excluding hydrogens is 222 g/mol. The zero-order chi connectivity index (χ0) is 13.3. The van der Waals surface area contributed by atoms with Crippen molar-refractivity contribution < 1.29 is 0 Å². The number of rotatable bonds is 2. The Balaban J connectivity index is 2.44. The van der Waals surface area contributed by atoms with Gasteiger partial charge >= 0.3 is 0 Å². The molecule has 0 bridgehead atoms. The Bertz CT molecular complexity index is 556. The van der Waals surface area contributed by atoms with Crippen molar-refractivity contribution >= 4 is 11.6 Å². The molecule has 0 unspecified atom stereocenters. The number of hydrogen-bond donors (Lipinski definition) is 0. The van der Waals surface area contributed by atoms with E-state index in [0.29, 0.717) is 0 Å². The fraction of sp³-hybridized carbons (Fsp3) is 0.333. The Hall–Kier alpha value is -1.90. The third-order valence-corrected chi connectivity index (χ3v) is 2.98. The number of benzene rings is 1. The van der Waals surface area contributed by atoms with Crippen LogP contribution in [0.15, 0.2) is 24.3 Å². The molecule has 0 spiro atoms. The van der Waals surface area contributed by atoms with Crippen LogP contribution in [0.4, 0.5) is 11.6 Å². The number of hydrogen-bond acceptors (Lipinski definition) is 3. The van der Waals surface area contributed by atoms with E-state index in [2.05, 4.69) is 42.0 Å². The van der Waals surface area contributed by atoms with E-state index in [1.165, 1.54) is 11.1 Å². The third kappa shape index (κ3) is 2.50. The molecule has 0 radical (unpaired) electrons. The van der Waals surface area contributed by atoms with Crippen LogP contribution < -0.4 is 4.90 Å². The Morgan fingerprint density at radius 2 is 1.50 bits per heavy atom. The molecule has 1 aromatic carbocycles. The quantitative estimate of drug-likeness (QED) is 0.806. The van der Waals surface area contributed by atoms with Gasteiger partial charge in [0, 0.05) is 24.1 Å². The molecule has 1 aromatic heterocycles. The molecule has 0 aliphatic rings. The van der Waals surface area contributed by atoms with Gasteiger partial charge in [-0.05, 0) is 45.4 Å². The Morgan fingerprint density at radius 3 is 2.06 bits per heavy atom. The van der Waals surface area contributed by atoms with E-state index in [9.17, 15) is 0 Å². The van der Waals surface area contributed by atoms with E-state index >= 15 is 0 Å². The average molecular weight is 241 g/mol. The highest BCUT2D eigenvalue weighted by Crippen LogP contribution is 2.25. The van der Waals surface area contributed by atoms with Crippen molar-refractivity contribution in [1.82, 2.24) is 9.97 Å². The topological polar surface area (TPSA) is 29.0 Å². The highest BCUT2D eigenvalue weighted by atomic mass is 15.2. The number of aryl methyl sites for hydroxylation is 4. The molecule has 0 fully saturated rings. The minimum absolute atomic E-state index is 0.749. The molecule has 94 valence electrons. The highest BCUT2D eigenvalue weighted by molar-refractivity contribution is 5.61. The minimum atomic E-state index is 0.749. The molecule has 0 N–H and O–H groups in total. The van der Waals surface area contributed by atoms with E-state index in [4.69, 9.17) is 0 Å². The van der Waals surface area contributed by atoms with Gasteiger partial charge in [0.1, 0.15) is 0 Å². The lowest BCUT2D eigenvalue weighted by Gasteiger charge is -2.20. The normalized spacial score (nSPS) is 10.5. The standard InChI is InChI=1S/C15H19N3/c1-10-6-7-14(11(2)8-10)18(5)15-16-12(3)9-13(4)17-15/h6-9H,1-5H3. The van der Waals surface area contributed by atoms with Gasteiger partial charge in [-0.1, -0.05) is 17.7 Å². The SMILES string of the molecule is Cc1ccc(N(C)c2nc(C)cc(C)n2)c(C)c1. The summed E-state index contributed by atoms with van der Waals surface area (Å²) in [7, 11) is 2.01. The summed E-state index contributed by atoms with van der Waals surface area (Å²) in [5, 5.41) is 0. The average Bonchev–Trinajstić information content (AvgIpc) is 2.26. The first kappa shape index (κ1) is 12.6. The lowest BCUT2D eigenvalue weighted by Crippen LogP contribution is -2.15.